The monoisotopic (exact) mass is 505 g/mol. The van der Waals surface area contributed by atoms with Crippen LogP contribution >= 0.6 is 0 Å². The summed E-state index contributed by atoms with van der Waals surface area (Å²) in [5.74, 6) is -0.00708. The molecule has 38 heavy (non-hydrogen) atoms. The maximum Gasteiger partial charge on any atom is 0.214 e. The third-order valence-electron chi connectivity index (χ3n) is 7.83. The van der Waals surface area contributed by atoms with Gasteiger partial charge in [-0.05, 0) is 45.5 Å². The molecular weight excluding hydrogens is 472 g/mol. The lowest BCUT2D eigenvalue weighted by molar-refractivity contribution is -0.709. The van der Waals surface area contributed by atoms with Crippen molar-refractivity contribution in [1.29, 1.82) is 0 Å². The SMILES string of the molecule is C=C(CO)C1C(COC)c2c(cc(C(C)(C)C)c3ccccc23)-c2cc(-c3nccc4occc34)cc[n+]21. The van der Waals surface area contributed by atoms with Crippen molar-refractivity contribution < 1.29 is 18.8 Å². The number of pyridine rings is 2. The molecule has 2 atom stereocenters. The first-order valence-corrected chi connectivity index (χ1v) is 13.0. The molecule has 1 aliphatic heterocycles. The summed E-state index contributed by atoms with van der Waals surface area (Å²) in [4.78, 5) is 4.73. The van der Waals surface area contributed by atoms with Crippen molar-refractivity contribution in [3.63, 3.8) is 0 Å². The summed E-state index contributed by atoms with van der Waals surface area (Å²) in [6.45, 7) is 11.5. The molecule has 5 heteroatoms. The largest absolute Gasteiger partial charge is 0.464 e. The van der Waals surface area contributed by atoms with Gasteiger partial charge in [0.15, 0.2) is 12.2 Å². The highest BCUT2D eigenvalue weighted by atomic mass is 16.5. The number of hydrogen-bond acceptors (Lipinski definition) is 4. The van der Waals surface area contributed by atoms with E-state index in [1.165, 1.54) is 27.5 Å². The Bertz CT molecular complexity index is 1690. The molecule has 0 saturated heterocycles. The molecule has 0 fully saturated rings. The Morgan fingerprint density at radius 2 is 1.87 bits per heavy atom. The first-order valence-electron chi connectivity index (χ1n) is 13.0. The van der Waals surface area contributed by atoms with Gasteiger partial charge in [-0.25, -0.2) is 0 Å². The summed E-state index contributed by atoms with van der Waals surface area (Å²) < 4.78 is 13.7. The fourth-order valence-corrected chi connectivity index (χ4v) is 6.15. The van der Waals surface area contributed by atoms with Crippen molar-refractivity contribution in [3.8, 4) is 22.5 Å². The van der Waals surface area contributed by atoms with Gasteiger partial charge in [0.25, 0.3) is 0 Å². The molecule has 1 aliphatic rings. The number of fused-ring (bicyclic) bond motifs is 6. The third-order valence-corrected chi connectivity index (χ3v) is 7.83. The number of hydrogen-bond donors (Lipinski definition) is 1. The molecule has 5 nitrogen and oxygen atoms in total. The van der Waals surface area contributed by atoms with Crippen LogP contribution in [0.15, 0.2) is 89.8 Å². The molecule has 6 rings (SSSR count). The van der Waals surface area contributed by atoms with E-state index in [0.29, 0.717) is 6.61 Å². The fourth-order valence-electron chi connectivity index (χ4n) is 6.15. The summed E-state index contributed by atoms with van der Waals surface area (Å²) in [5, 5.41) is 13.7. The second-order valence-electron chi connectivity index (χ2n) is 11.2. The van der Waals surface area contributed by atoms with Crippen molar-refractivity contribution in [2.75, 3.05) is 20.3 Å². The van der Waals surface area contributed by atoms with Crippen molar-refractivity contribution >= 4 is 21.7 Å². The zero-order valence-corrected chi connectivity index (χ0v) is 22.4. The molecule has 2 aromatic carbocycles. The smallest absolute Gasteiger partial charge is 0.214 e. The number of rotatable bonds is 5. The van der Waals surface area contributed by atoms with E-state index in [0.717, 1.165) is 33.5 Å². The van der Waals surface area contributed by atoms with E-state index < -0.39 is 0 Å². The maximum absolute atomic E-state index is 10.3. The van der Waals surface area contributed by atoms with Crippen molar-refractivity contribution in [2.24, 2.45) is 0 Å². The zero-order chi connectivity index (χ0) is 26.6. The number of furan rings is 1. The van der Waals surface area contributed by atoms with E-state index in [1.54, 1.807) is 19.6 Å². The number of aliphatic hydroxyl groups excluding tert-OH is 1. The predicted molar refractivity (Wildman–Crippen MR) is 151 cm³/mol. The molecule has 4 heterocycles. The summed E-state index contributed by atoms with van der Waals surface area (Å²) in [5.41, 5.74) is 8.21. The van der Waals surface area contributed by atoms with E-state index in [-0.39, 0.29) is 24.0 Å². The quantitative estimate of drug-likeness (QED) is 0.212. The van der Waals surface area contributed by atoms with Gasteiger partial charge < -0.3 is 14.3 Å². The number of ether oxygens (including phenoxy) is 1. The van der Waals surface area contributed by atoms with Crippen LogP contribution in [0.4, 0.5) is 0 Å². The molecule has 192 valence electrons. The number of benzene rings is 2. The highest BCUT2D eigenvalue weighted by Gasteiger charge is 2.43. The average Bonchev–Trinajstić information content (AvgIpc) is 3.40. The lowest BCUT2D eigenvalue weighted by Crippen LogP contribution is -2.49. The molecule has 3 aromatic heterocycles. The topological polar surface area (TPSA) is 59.4 Å². The van der Waals surface area contributed by atoms with Gasteiger partial charge in [0.1, 0.15) is 5.58 Å². The molecule has 0 bridgehead atoms. The highest BCUT2D eigenvalue weighted by molar-refractivity contribution is 5.96. The van der Waals surface area contributed by atoms with Crippen LogP contribution in [0.25, 0.3) is 44.3 Å². The van der Waals surface area contributed by atoms with E-state index in [9.17, 15) is 5.11 Å². The van der Waals surface area contributed by atoms with Crippen LogP contribution in [0.2, 0.25) is 0 Å². The second-order valence-corrected chi connectivity index (χ2v) is 11.2. The molecule has 2 unspecified atom stereocenters. The average molecular weight is 506 g/mol. The standard InChI is InChI=1S/C33H33N2O3/c1-20(18-36)32-26(19-37-5)30-23-9-7-6-8-22(23)27(33(2,3)4)17-25(30)28-16-21(11-14-35(28)32)31-24-12-15-38-29(24)10-13-34-31/h6-17,26,32,36H,1,18-19H2,2-5H3/q+1. The number of nitrogens with zero attached hydrogens (tertiary/aromatic N) is 2. The molecule has 0 saturated carbocycles. The van der Waals surface area contributed by atoms with Gasteiger partial charge in [-0.15, -0.1) is 0 Å². The number of aromatic nitrogens is 2. The van der Waals surface area contributed by atoms with E-state index >= 15 is 0 Å². The molecule has 0 aliphatic carbocycles. The van der Waals surface area contributed by atoms with Crippen LogP contribution in [0.3, 0.4) is 0 Å². The fraction of sp³-hybridized carbons (Fsp3) is 0.273. The Morgan fingerprint density at radius 1 is 1.08 bits per heavy atom. The summed E-state index contributed by atoms with van der Waals surface area (Å²) >= 11 is 0. The number of methoxy groups -OCH3 is 1. The molecular formula is C33H33N2O3+. The summed E-state index contributed by atoms with van der Waals surface area (Å²) in [6, 6.07) is 19.0. The molecule has 1 N–H and O–H groups in total. The molecule has 0 radical (unpaired) electrons. The van der Waals surface area contributed by atoms with Gasteiger partial charge in [0.05, 0.1) is 36.7 Å². The van der Waals surface area contributed by atoms with Crippen molar-refractivity contribution in [2.45, 2.75) is 38.1 Å². The maximum atomic E-state index is 10.3. The third kappa shape index (κ3) is 3.77. The Labute approximate surface area is 223 Å². The van der Waals surface area contributed by atoms with Crippen molar-refractivity contribution in [1.82, 2.24) is 4.98 Å². The van der Waals surface area contributed by atoms with Gasteiger partial charge in [-0.1, -0.05) is 51.6 Å². The van der Waals surface area contributed by atoms with Crippen LogP contribution in [0.1, 0.15) is 43.9 Å². The van der Waals surface area contributed by atoms with Crippen LogP contribution in [-0.4, -0.2) is 30.4 Å². The lowest BCUT2D eigenvalue weighted by atomic mass is 9.74. The summed E-state index contributed by atoms with van der Waals surface area (Å²) in [7, 11) is 1.74. The van der Waals surface area contributed by atoms with Gasteiger partial charge in [0, 0.05) is 42.0 Å². The summed E-state index contributed by atoms with van der Waals surface area (Å²) in [6.07, 6.45) is 5.60. The van der Waals surface area contributed by atoms with Gasteiger partial charge in [-0.2, -0.15) is 4.57 Å². The van der Waals surface area contributed by atoms with Crippen LogP contribution < -0.4 is 4.57 Å². The Balaban J connectivity index is 1.71. The lowest BCUT2D eigenvalue weighted by Gasteiger charge is -2.34. The van der Waals surface area contributed by atoms with Crippen molar-refractivity contribution in [3.05, 3.63) is 96.5 Å². The van der Waals surface area contributed by atoms with E-state index in [4.69, 9.17) is 14.1 Å². The zero-order valence-electron chi connectivity index (χ0n) is 22.4. The van der Waals surface area contributed by atoms with Crippen LogP contribution in [-0.2, 0) is 10.2 Å². The molecule has 0 amide bonds. The minimum absolute atomic E-state index is 0.00708. The van der Waals surface area contributed by atoms with Gasteiger partial charge in [-0.3, -0.25) is 4.98 Å². The predicted octanol–water partition coefficient (Wildman–Crippen LogP) is 6.73. The normalized spacial score (nSPS) is 17.0. The van der Waals surface area contributed by atoms with Gasteiger partial charge in [0.2, 0.25) is 5.69 Å². The Morgan fingerprint density at radius 3 is 2.61 bits per heavy atom. The molecule has 0 spiro atoms. The van der Waals surface area contributed by atoms with E-state index in [2.05, 4.69) is 80.6 Å². The molecule has 5 aromatic rings. The first kappa shape index (κ1) is 24.5. The Kier molecular flexibility index (Phi) is 5.93. The van der Waals surface area contributed by atoms with Crippen LogP contribution in [0.5, 0.6) is 0 Å². The van der Waals surface area contributed by atoms with Gasteiger partial charge >= 0.3 is 0 Å². The minimum atomic E-state index is -0.155. The van der Waals surface area contributed by atoms with Crippen LogP contribution in [0, 0.1) is 0 Å². The first-order chi connectivity index (χ1) is 18.3. The second kappa shape index (κ2) is 9.19. The number of aliphatic hydroxyl groups is 1. The Hall–Kier alpha value is -3.80. The highest BCUT2D eigenvalue weighted by Crippen LogP contribution is 2.47. The van der Waals surface area contributed by atoms with E-state index in [1.807, 2.05) is 12.1 Å². The minimum Gasteiger partial charge on any atom is -0.464 e.